The first-order valence-corrected chi connectivity index (χ1v) is 7.27. The molecule has 0 radical (unpaired) electrons. The van der Waals surface area contributed by atoms with Crippen LogP contribution in [0.3, 0.4) is 0 Å². The zero-order valence-corrected chi connectivity index (χ0v) is 12.6. The van der Waals surface area contributed by atoms with E-state index in [4.69, 9.17) is 0 Å². The molecule has 0 bridgehead atoms. The Hall–Kier alpha value is -1.15. The van der Waals surface area contributed by atoms with Gasteiger partial charge in [-0.05, 0) is 69.3 Å². The molecular weight excluding hydrogens is 234 g/mol. The van der Waals surface area contributed by atoms with Gasteiger partial charge in [-0.1, -0.05) is 12.5 Å². The number of rotatable bonds is 5. The summed E-state index contributed by atoms with van der Waals surface area (Å²) in [5.74, 6) is 1.07. The Morgan fingerprint density at radius 1 is 1.16 bits per heavy atom. The Morgan fingerprint density at radius 2 is 1.79 bits per heavy atom. The van der Waals surface area contributed by atoms with E-state index in [0.717, 1.165) is 23.6 Å². The topological polar surface area (TPSA) is 20.3 Å². The fraction of sp³-hybridized carbons (Fsp3) is 0.588. The number of carbonyl (C=O) groups excluding carboxylic acids is 1. The number of Topliss-reactive ketones (excluding diaryl/α,β-unsaturated/α-hetero) is 1. The van der Waals surface area contributed by atoms with Gasteiger partial charge in [-0.25, -0.2) is 0 Å². The van der Waals surface area contributed by atoms with E-state index in [1.165, 1.54) is 30.4 Å². The average Bonchev–Trinajstić information content (AvgIpc) is 2.28. The summed E-state index contributed by atoms with van der Waals surface area (Å²) in [5, 5.41) is 0. The van der Waals surface area contributed by atoms with Gasteiger partial charge < -0.3 is 0 Å². The molecule has 2 heteroatoms. The molecule has 1 saturated carbocycles. The monoisotopic (exact) mass is 259 g/mol. The van der Waals surface area contributed by atoms with Crippen LogP contribution >= 0.6 is 0 Å². The Kier molecular flexibility index (Phi) is 4.41. The lowest BCUT2D eigenvalue weighted by atomic mass is 9.85. The molecule has 0 spiro atoms. The maximum atomic E-state index is 12.4. The summed E-state index contributed by atoms with van der Waals surface area (Å²) in [6.07, 6.45) is 4.03. The van der Waals surface area contributed by atoms with Crippen molar-refractivity contribution in [2.24, 2.45) is 5.92 Å². The summed E-state index contributed by atoms with van der Waals surface area (Å²) in [6.45, 7) is 7.81. The highest BCUT2D eigenvalue weighted by Crippen LogP contribution is 2.26. The molecule has 1 aliphatic carbocycles. The fourth-order valence-electron chi connectivity index (χ4n) is 2.77. The molecule has 104 valence electrons. The van der Waals surface area contributed by atoms with Gasteiger partial charge in [0.15, 0.2) is 5.78 Å². The predicted molar refractivity (Wildman–Crippen MR) is 79.8 cm³/mol. The maximum Gasteiger partial charge on any atom is 0.177 e. The van der Waals surface area contributed by atoms with Crippen LogP contribution in [0.2, 0.25) is 0 Å². The summed E-state index contributed by atoms with van der Waals surface area (Å²) >= 11 is 0. The first kappa shape index (κ1) is 14.3. The van der Waals surface area contributed by atoms with Gasteiger partial charge in [0.1, 0.15) is 0 Å². The highest BCUT2D eigenvalue weighted by atomic mass is 16.1. The third-order valence-corrected chi connectivity index (χ3v) is 4.35. The number of benzene rings is 1. The van der Waals surface area contributed by atoms with E-state index in [-0.39, 0.29) is 5.78 Å². The van der Waals surface area contributed by atoms with Gasteiger partial charge in [-0.15, -0.1) is 0 Å². The van der Waals surface area contributed by atoms with Crippen LogP contribution in [0.1, 0.15) is 46.3 Å². The molecule has 0 atom stereocenters. The van der Waals surface area contributed by atoms with Gasteiger partial charge >= 0.3 is 0 Å². The summed E-state index contributed by atoms with van der Waals surface area (Å²) in [4.78, 5) is 14.6. The minimum Gasteiger partial charge on any atom is -0.299 e. The molecule has 1 aromatic rings. The molecule has 19 heavy (non-hydrogen) atoms. The molecule has 0 heterocycles. The number of hydrogen-bond acceptors (Lipinski definition) is 2. The van der Waals surface area contributed by atoms with Crippen molar-refractivity contribution >= 4 is 5.78 Å². The largest absolute Gasteiger partial charge is 0.299 e. The first-order valence-electron chi connectivity index (χ1n) is 7.27. The second-order valence-corrected chi connectivity index (χ2v) is 6.17. The number of nitrogens with zero attached hydrogens (tertiary/aromatic N) is 1. The molecule has 0 N–H and O–H groups in total. The zero-order chi connectivity index (χ0) is 14.0. The SMILES string of the molecule is Cc1cc(C)c(C(=O)CN(C)CC2CCC2)cc1C. The normalized spacial score (nSPS) is 15.6. The second kappa shape index (κ2) is 5.87. The van der Waals surface area contributed by atoms with E-state index in [1.54, 1.807) is 0 Å². The van der Waals surface area contributed by atoms with E-state index in [1.807, 2.05) is 13.0 Å². The van der Waals surface area contributed by atoms with E-state index in [9.17, 15) is 4.79 Å². The summed E-state index contributed by atoms with van der Waals surface area (Å²) in [6, 6.07) is 4.17. The van der Waals surface area contributed by atoms with Crippen LogP contribution in [-0.4, -0.2) is 30.8 Å². The van der Waals surface area contributed by atoms with E-state index >= 15 is 0 Å². The van der Waals surface area contributed by atoms with Gasteiger partial charge in [0.2, 0.25) is 0 Å². The summed E-state index contributed by atoms with van der Waals surface area (Å²) in [5.41, 5.74) is 4.46. The molecule has 0 aliphatic heterocycles. The smallest absolute Gasteiger partial charge is 0.177 e. The molecule has 0 aromatic heterocycles. The highest BCUT2D eigenvalue weighted by molar-refractivity contribution is 5.99. The van der Waals surface area contributed by atoms with Crippen LogP contribution in [0.5, 0.6) is 0 Å². The van der Waals surface area contributed by atoms with Crippen molar-refractivity contribution in [3.63, 3.8) is 0 Å². The van der Waals surface area contributed by atoms with Gasteiger partial charge in [-0.3, -0.25) is 9.69 Å². The molecule has 1 aromatic carbocycles. The summed E-state index contributed by atoms with van der Waals surface area (Å²) in [7, 11) is 2.06. The molecule has 0 amide bonds. The quantitative estimate of drug-likeness (QED) is 0.754. The molecular formula is C17H25NO. The molecule has 0 saturated heterocycles. The van der Waals surface area contributed by atoms with Crippen molar-refractivity contribution in [1.29, 1.82) is 0 Å². The van der Waals surface area contributed by atoms with Crippen molar-refractivity contribution in [1.82, 2.24) is 4.90 Å². The van der Waals surface area contributed by atoms with Crippen LogP contribution in [0.15, 0.2) is 12.1 Å². The van der Waals surface area contributed by atoms with E-state index in [0.29, 0.717) is 6.54 Å². The lowest BCUT2D eigenvalue weighted by Crippen LogP contribution is -2.33. The van der Waals surface area contributed by atoms with Crippen molar-refractivity contribution < 1.29 is 4.79 Å². The predicted octanol–water partition coefficient (Wildman–Crippen LogP) is 3.53. The zero-order valence-electron chi connectivity index (χ0n) is 12.6. The first-order chi connectivity index (χ1) is 8.97. The van der Waals surface area contributed by atoms with Crippen LogP contribution in [-0.2, 0) is 0 Å². The summed E-state index contributed by atoms with van der Waals surface area (Å²) < 4.78 is 0. The lowest BCUT2D eigenvalue weighted by Gasteiger charge is -2.29. The van der Waals surface area contributed by atoms with Crippen LogP contribution < -0.4 is 0 Å². The standard InChI is InChI=1S/C17H25NO/c1-12-8-14(3)16(9-13(12)2)17(19)11-18(4)10-15-6-5-7-15/h8-9,15H,5-7,10-11H2,1-4H3. The van der Waals surface area contributed by atoms with Crippen LogP contribution in [0, 0.1) is 26.7 Å². The third kappa shape index (κ3) is 3.44. The van der Waals surface area contributed by atoms with Gasteiger partial charge in [0.25, 0.3) is 0 Å². The number of likely N-dealkylation sites (N-methyl/N-ethyl adjacent to an activating group) is 1. The Bertz CT molecular complexity index is 474. The van der Waals surface area contributed by atoms with Crippen LogP contribution in [0.4, 0.5) is 0 Å². The van der Waals surface area contributed by atoms with Crippen molar-refractivity contribution in [3.8, 4) is 0 Å². The number of carbonyl (C=O) groups is 1. The number of aryl methyl sites for hydroxylation is 3. The Morgan fingerprint density at radius 3 is 2.37 bits per heavy atom. The molecule has 1 aliphatic rings. The Labute approximate surface area is 116 Å². The van der Waals surface area contributed by atoms with Gasteiger partial charge in [0.05, 0.1) is 6.54 Å². The molecule has 1 fully saturated rings. The molecule has 2 nitrogen and oxygen atoms in total. The lowest BCUT2D eigenvalue weighted by molar-refractivity contribution is 0.0924. The van der Waals surface area contributed by atoms with Crippen molar-refractivity contribution in [2.75, 3.05) is 20.1 Å². The third-order valence-electron chi connectivity index (χ3n) is 4.35. The van der Waals surface area contributed by atoms with Crippen molar-refractivity contribution in [2.45, 2.75) is 40.0 Å². The minimum absolute atomic E-state index is 0.252. The number of hydrogen-bond donors (Lipinski definition) is 0. The highest BCUT2D eigenvalue weighted by Gasteiger charge is 2.20. The average molecular weight is 259 g/mol. The Balaban J connectivity index is 2.00. The van der Waals surface area contributed by atoms with Gasteiger partial charge in [-0.2, -0.15) is 0 Å². The fourth-order valence-corrected chi connectivity index (χ4v) is 2.77. The molecule has 2 rings (SSSR count). The second-order valence-electron chi connectivity index (χ2n) is 6.17. The van der Waals surface area contributed by atoms with E-state index in [2.05, 4.69) is 31.9 Å². The number of ketones is 1. The maximum absolute atomic E-state index is 12.4. The molecule has 0 unspecified atom stereocenters. The minimum atomic E-state index is 0.252. The van der Waals surface area contributed by atoms with E-state index < -0.39 is 0 Å². The van der Waals surface area contributed by atoms with Gasteiger partial charge in [0, 0.05) is 12.1 Å². The van der Waals surface area contributed by atoms with Crippen molar-refractivity contribution in [3.05, 3.63) is 34.4 Å². The van der Waals surface area contributed by atoms with Crippen LogP contribution in [0.25, 0.3) is 0 Å².